The third kappa shape index (κ3) is 4.41. The maximum atomic E-state index is 4.32. The van der Waals surface area contributed by atoms with E-state index in [2.05, 4.69) is 119 Å². The summed E-state index contributed by atoms with van der Waals surface area (Å²) in [5.41, 5.74) is 1.32. The number of imidazole rings is 1. The highest BCUT2D eigenvalue weighted by Crippen LogP contribution is 2.55. The van der Waals surface area contributed by atoms with Gasteiger partial charge in [-0.1, -0.05) is 78.9 Å². The van der Waals surface area contributed by atoms with Crippen LogP contribution in [0.25, 0.3) is 10.8 Å². The smallest absolute Gasteiger partial charge is 0.114 e. The standard InChI is InChI=1S/C27H22N2S2/c1-3-12-23(13-4-1)30-27(20-29-19-18-28-21-29,31-24-14-5-2-6-15-24)26-17-9-11-22-10-7-8-16-25(22)26/h1-19,21H,20H2. The van der Waals surface area contributed by atoms with Gasteiger partial charge in [-0.15, -0.1) is 23.5 Å². The molecule has 0 atom stereocenters. The van der Waals surface area contributed by atoms with Crippen LogP contribution in [0.1, 0.15) is 5.56 Å². The van der Waals surface area contributed by atoms with Gasteiger partial charge in [-0.05, 0) is 40.6 Å². The van der Waals surface area contributed by atoms with Crippen LogP contribution >= 0.6 is 23.5 Å². The van der Waals surface area contributed by atoms with Gasteiger partial charge in [-0.3, -0.25) is 0 Å². The molecule has 0 saturated carbocycles. The van der Waals surface area contributed by atoms with Crippen LogP contribution < -0.4 is 0 Å². The van der Waals surface area contributed by atoms with E-state index in [-0.39, 0.29) is 4.08 Å². The first kappa shape index (κ1) is 20.0. The molecule has 0 saturated heterocycles. The van der Waals surface area contributed by atoms with E-state index in [1.54, 1.807) is 0 Å². The van der Waals surface area contributed by atoms with Gasteiger partial charge >= 0.3 is 0 Å². The van der Waals surface area contributed by atoms with Crippen LogP contribution in [0.4, 0.5) is 0 Å². The van der Waals surface area contributed by atoms with Crippen molar-refractivity contribution in [3.05, 3.63) is 127 Å². The number of nitrogens with zero attached hydrogens (tertiary/aromatic N) is 2. The fraction of sp³-hybridized carbons (Fsp3) is 0.0741. The van der Waals surface area contributed by atoms with Crippen LogP contribution in [-0.2, 0) is 10.6 Å². The Hall–Kier alpha value is -2.95. The van der Waals surface area contributed by atoms with E-state index in [1.807, 2.05) is 36.0 Å². The average Bonchev–Trinajstić information content (AvgIpc) is 3.33. The van der Waals surface area contributed by atoms with Crippen LogP contribution in [-0.4, -0.2) is 9.55 Å². The highest BCUT2D eigenvalue weighted by atomic mass is 32.2. The van der Waals surface area contributed by atoms with E-state index in [9.17, 15) is 0 Å². The summed E-state index contributed by atoms with van der Waals surface area (Å²) in [6, 6.07) is 36.7. The molecule has 1 heterocycles. The third-order valence-electron chi connectivity index (χ3n) is 5.20. The number of fused-ring (bicyclic) bond motifs is 1. The average molecular weight is 439 g/mol. The lowest BCUT2D eigenvalue weighted by molar-refractivity contribution is 0.651. The predicted octanol–water partition coefficient (Wildman–Crippen LogP) is 7.47. The minimum atomic E-state index is -0.287. The van der Waals surface area contributed by atoms with Crippen molar-refractivity contribution in [2.45, 2.75) is 20.4 Å². The van der Waals surface area contributed by atoms with Crippen LogP contribution in [0.5, 0.6) is 0 Å². The van der Waals surface area contributed by atoms with Gasteiger partial charge in [0.25, 0.3) is 0 Å². The largest absolute Gasteiger partial charge is 0.335 e. The number of benzene rings is 4. The molecule has 1 aromatic heterocycles. The summed E-state index contributed by atoms with van der Waals surface area (Å²) < 4.78 is 1.90. The summed E-state index contributed by atoms with van der Waals surface area (Å²) in [6.45, 7) is 0.792. The summed E-state index contributed by atoms with van der Waals surface area (Å²) >= 11 is 3.82. The van der Waals surface area contributed by atoms with Crippen molar-refractivity contribution >= 4 is 34.3 Å². The zero-order valence-corrected chi connectivity index (χ0v) is 18.6. The van der Waals surface area contributed by atoms with E-state index < -0.39 is 0 Å². The van der Waals surface area contributed by atoms with Crippen LogP contribution in [0, 0.1) is 0 Å². The second-order valence-corrected chi connectivity index (χ2v) is 10.3. The highest BCUT2D eigenvalue weighted by Gasteiger charge is 2.37. The van der Waals surface area contributed by atoms with Crippen molar-refractivity contribution in [3.8, 4) is 0 Å². The Morgan fingerprint density at radius 2 is 1.29 bits per heavy atom. The van der Waals surface area contributed by atoms with Gasteiger partial charge in [0.2, 0.25) is 0 Å². The fourth-order valence-electron chi connectivity index (χ4n) is 3.82. The van der Waals surface area contributed by atoms with Crippen molar-refractivity contribution < 1.29 is 0 Å². The number of aromatic nitrogens is 2. The van der Waals surface area contributed by atoms with Gasteiger partial charge in [0, 0.05) is 22.2 Å². The first-order chi connectivity index (χ1) is 15.3. The molecule has 0 aliphatic carbocycles. The molecule has 2 nitrogen and oxygen atoms in total. The molecule has 0 spiro atoms. The monoisotopic (exact) mass is 438 g/mol. The molecule has 0 bridgehead atoms. The zero-order valence-electron chi connectivity index (χ0n) is 17.0. The van der Waals surface area contributed by atoms with Gasteiger partial charge in [0.1, 0.15) is 4.08 Å². The van der Waals surface area contributed by atoms with Crippen LogP contribution in [0.15, 0.2) is 132 Å². The number of hydrogen-bond acceptors (Lipinski definition) is 3. The Morgan fingerprint density at radius 3 is 1.94 bits per heavy atom. The Kier molecular flexibility index (Phi) is 5.83. The lowest BCUT2D eigenvalue weighted by Gasteiger charge is -2.35. The summed E-state index contributed by atoms with van der Waals surface area (Å²) in [5.74, 6) is 0. The van der Waals surface area contributed by atoms with Crippen LogP contribution in [0.2, 0.25) is 0 Å². The SMILES string of the molecule is c1ccc(SC(Cn2ccnc2)(Sc2ccccc2)c2cccc3ccccc23)cc1. The van der Waals surface area contributed by atoms with Crippen molar-refractivity contribution in [1.29, 1.82) is 0 Å². The van der Waals surface area contributed by atoms with E-state index in [0.717, 1.165) is 6.54 Å². The third-order valence-corrected chi connectivity index (χ3v) is 8.07. The first-order valence-corrected chi connectivity index (χ1v) is 11.9. The second kappa shape index (κ2) is 9.04. The van der Waals surface area contributed by atoms with Gasteiger partial charge < -0.3 is 4.57 Å². The lowest BCUT2D eigenvalue weighted by atomic mass is 10.0. The molecule has 0 unspecified atom stereocenters. The van der Waals surface area contributed by atoms with Gasteiger partial charge in [0.05, 0.1) is 12.9 Å². The van der Waals surface area contributed by atoms with E-state index in [0.29, 0.717) is 0 Å². The maximum absolute atomic E-state index is 4.32. The van der Waals surface area contributed by atoms with Gasteiger partial charge in [0.15, 0.2) is 0 Å². The Labute approximate surface area is 191 Å². The highest BCUT2D eigenvalue weighted by molar-refractivity contribution is 8.17. The molecule has 0 N–H and O–H groups in total. The quantitative estimate of drug-likeness (QED) is 0.194. The summed E-state index contributed by atoms with van der Waals surface area (Å²) in [6.07, 6.45) is 5.82. The molecule has 5 aromatic rings. The summed E-state index contributed by atoms with van der Waals surface area (Å²) in [7, 11) is 0. The van der Waals surface area contributed by atoms with E-state index in [4.69, 9.17) is 0 Å². The molecular formula is C27H22N2S2. The summed E-state index contributed by atoms with van der Waals surface area (Å²) in [4.78, 5) is 6.82. The minimum absolute atomic E-state index is 0.287. The fourth-order valence-corrected chi connectivity index (χ4v) is 6.91. The molecule has 5 rings (SSSR count). The van der Waals surface area contributed by atoms with Gasteiger partial charge in [-0.25, -0.2) is 4.98 Å². The predicted molar refractivity (Wildman–Crippen MR) is 132 cm³/mol. The molecule has 31 heavy (non-hydrogen) atoms. The molecule has 4 heteroatoms. The number of thioether (sulfide) groups is 2. The van der Waals surface area contributed by atoms with Crippen molar-refractivity contribution in [2.75, 3.05) is 0 Å². The molecule has 0 fully saturated rings. The second-order valence-electron chi connectivity index (χ2n) is 7.34. The molecule has 0 aliphatic heterocycles. The lowest BCUT2D eigenvalue weighted by Crippen LogP contribution is -2.24. The number of hydrogen-bond donors (Lipinski definition) is 0. The van der Waals surface area contributed by atoms with E-state index in [1.165, 1.54) is 26.1 Å². The van der Waals surface area contributed by atoms with Crippen molar-refractivity contribution in [1.82, 2.24) is 9.55 Å². The van der Waals surface area contributed by atoms with Crippen LogP contribution in [0.3, 0.4) is 0 Å². The number of rotatable bonds is 7. The normalized spacial score (nSPS) is 11.6. The summed E-state index contributed by atoms with van der Waals surface area (Å²) in [5, 5.41) is 2.55. The molecule has 152 valence electrons. The van der Waals surface area contributed by atoms with Gasteiger partial charge in [-0.2, -0.15) is 0 Å². The Bertz CT molecular complexity index is 1210. The maximum Gasteiger partial charge on any atom is 0.114 e. The topological polar surface area (TPSA) is 17.8 Å². The molecular weight excluding hydrogens is 416 g/mol. The van der Waals surface area contributed by atoms with Crippen molar-refractivity contribution in [2.24, 2.45) is 0 Å². The molecule has 0 aliphatic rings. The Morgan fingerprint density at radius 1 is 0.677 bits per heavy atom. The molecule has 0 amide bonds. The Balaban J connectivity index is 1.73. The minimum Gasteiger partial charge on any atom is -0.335 e. The first-order valence-electron chi connectivity index (χ1n) is 10.2. The zero-order chi connectivity index (χ0) is 20.9. The molecule has 0 radical (unpaired) electrons. The van der Waals surface area contributed by atoms with Crippen molar-refractivity contribution in [3.63, 3.8) is 0 Å². The molecule has 4 aromatic carbocycles. The van der Waals surface area contributed by atoms with E-state index >= 15 is 0 Å².